The Morgan fingerprint density at radius 1 is 1.36 bits per heavy atom. The number of halogens is 1. The molecule has 1 aromatic carbocycles. The molecule has 2 heterocycles. The van der Waals surface area contributed by atoms with Crippen molar-refractivity contribution in [3.05, 3.63) is 77.4 Å². The highest BCUT2D eigenvalue weighted by atomic mass is 19.1. The summed E-state index contributed by atoms with van der Waals surface area (Å²) in [5.74, 6) is -1.96. The van der Waals surface area contributed by atoms with Crippen LogP contribution in [-0.4, -0.2) is 43.2 Å². The molecule has 0 spiro atoms. The second-order valence-corrected chi connectivity index (χ2v) is 5.82. The number of nitrogens with one attached hydrogen (secondary N) is 1. The third kappa shape index (κ3) is 4.32. The summed E-state index contributed by atoms with van der Waals surface area (Å²) in [6.07, 6.45) is 3.63. The number of ether oxygens (including phenoxy) is 1. The average molecular weight is 384 g/mol. The van der Waals surface area contributed by atoms with Gasteiger partial charge in [0.2, 0.25) is 5.78 Å². The molecule has 0 radical (unpaired) electrons. The fourth-order valence-electron chi connectivity index (χ4n) is 2.59. The topological polar surface area (TPSA) is 110 Å². The van der Waals surface area contributed by atoms with E-state index in [1.807, 2.05) is 0 Å². The van der Waals surface area contributed by atoms with Gasteiger partial charge in [0.05, 0.1) is 6.61 Å². The van der Waals surface area contributed by atoms with E-state index in [-0.39, 0.29) is 36.0 Å². The molecule has 9 heteroatoms. The zero-order valence-electron chi connectivity index (χ0n) is 14.9. The minimum Gasteiger partial charge on any atom is -0.507 e. The van der Waals surface area contributed by atoms with E-state index in [4.69, 9.17) is 4.74 Å². The van der Waals surface area contributed by atoms with E-state index in [0.717, 1.165) is 6.08 Å². The Labute approximate surface area is 159 Å². The van der Waals surface area contributed by atoms with Crippen LogP contribution in [0.15, 0.2) is 48.9 Å². The van der Waals surface area contributed by atoms with Crippen molar-refractivity contribution in [3.8, 4) is 0 Å². The predicted octanol–water partition coefficient (Wildman–Crippen LogP) is 2.75. The van der Waals surface area contributed by atoms with Gasteiger partial charge in [-0.25, -0.2) is 14.2 Å². The molecule has 0 amide bonds. The van der Waals surface area contributed by atoms with Crippen LogP contribution in [0.4, 0.5) is 4.39 Å². The van der Waals surface area contributed by atoms with Gasteiger partial charge in [0.25, 0.3) is 0 Å². The number of allylic oxidation sites excluding steroid dienone is 1. The Morgan fingerprint density at radius 2 is 2.18 bits per heavy atom. The maximum atomic E-state index is 13.5. The van der Waals surface area contributed by atoms with Gasteiger partial charge in [-0.15, -0.1) is 0 Å². The zero-order valence-corrected chi connectivity index (χ0v) is 14.9. The molecule has 0 aliphatic carbocycles. The van der Waals surface area contributed by atoms with Crippen LogP contribution < -0.4 is 0 Å². The van der Waals surface area contributed by atoms with Crippen LogP contribution in [0.2, 0.25) is 0 Å². The SMILES string of the molecule is CCOC(=O)c1cc(C(O)=CC(=O)c2ncn[nH]2)cn1Cc1cccc(F)c1. The molecular weight excluding hydrogens is 367 g/mol. The lowest BCUT2D eigenvalue weighted by Gasteiger charge is -2.08. The van der Waals surface area contributed by atoms with E-state index in [1.54, 1.807) is 19.1 Å². The number of aliphatic hydroxyl groups is 1. The van der Waals surface area contributed by atoms with E-state index in [2.05, 4.69) is 15.2 Å². The van der Waals surface area contributed by atoms with Crippen molar-refractivity contribution < 1.29 is 23.8 Å². The van der Waals surface area contributed by atoms with Gasteiger partial charge in [-0.2, -0.15) is 5.10 Å². The first kappa shape index (κ1) is 19.0. The molecule has 3 aromatic rings. The maximum Gasteiger partial charge on any atom is 0.354 e. The standard InChI is InChI=1S/C19H17FN4O4/c1-2-28-19(27)15-7-13(16(25)8-17(26)18-21-11-22-23-18)10-24(15)9-12-4-3-5-14(20)6-12/h3-8,10-11,25H,2,9H2,1H3,(H,21,22,23). The number of H-pyrrole nitrogens is 1. The molecule has 28 heavy (non-hydrogen) atoms. The monoisotopic (exact) mass is 384 g/mol. The summed E-state index contributed by atoms with van der Waals surface area (Å²) in [7, 11) is 0. The number of aliphatic hydroxyl groups excluding tert-OH is 1. The summed E-state index contributed by atoms with van der Waals surface area (Å²) in [5, 5.41) is 16.3. The Balaban J connectivity index is 1.94. The third-order valence-electron chi connectivity index (χ3n) is 3.84. The predicted molar refractivity (Wildman–Crippen MR) is 97.2 cm³/mol. The van der Waals surface area contributed by atoms with Gasteiger partial charge < -0.3 is 14.4 Å². The van der Waals surface area contributed by atoms with Crippen molar-refractivity contribution in [2.45, 2.75) is 13.5 Å². The van der Waals surface area contributed by atoms with Gasteiger partial charge >= 0.3 is 5.97 Å². The number of aromatic nitrogens is 4. The van der Waals surface area contributed by atoms with Gasteiger partial charge in [-0.1, -0.05) is 12.1 Å². The normalized spacial score (nSPS) is 11.4. The maximum absolute atomic E-state index is 13.5. The lowest BCUT2D eigenvalue weighted by molar-refractivity contribution is 0.0514. The Morgan fingerprint density at radius 3 is 2.86 bits per heavy atom. The summed E-state index contributed by atoms with van der Waals surface area (Å²) >= 11 is 0. The smallest absolute Gasteiger partial charge is 0.354 e. The second-order valence-electron chi connectivity index (χ2n) is 5.82. The van der Waals surface area contributed by atoms with E-state index >= 15 is 0 Å². The van der Waals surface area contributed by atoms with Gasteiger partial charge in [-0.3, -0.25) is 9.89 Å². The number of benzene rings is 1. The molecule has 0 bridgehead atoms. The largest absolute Gasteiger partial charge is 0.507 e. The van der Waals surface area contributed by atoms with Gasteiger partial charge in [-0.05, 0) is 30.7 Å². The number of ketones is 1. The molecule has 2 N–H and O–H groups in total. The minimum absolute atomic E-state index is 0.0311. The van der Waals surface area contributed by atoms with Gasteiger partial charge in [0, 0.05) is 24.4 Å². The molecule has 0 aliphatic heterocycles. The van der Waals surface area contributed by atoms with Crippen LogP contribution >= 0.6 is 0 Å². The number of esters is 1. The number of aromatic amines is 1. The van der Waals surface area contributed by atoms with Gasteiger partial charge in [0.15, 0.2) is 5.82 Å². The first-order valence-electron chi connectivity index (χ1n) is 8.40. The van der Waals surface area contributed by atoms with Crippen molar-refractivity contribution in [2.24, 2.45) is 0 Å². The fourth-order valence-corrected chi connectivity index (χ4v) is 2.59. The van der Waals surface area contributed by atoms with Crippen molar-refractivity contribution in [1.82, 2.24) is 19.7 Å². The minimum atomic E-state index is -0.598. The van der Waals surface area contributed by atoms with Crippen LogP contribution in [0, 0.1) is 5.82 Å². The molecule has 2 aromatic heterocycles. The molecule has 0 aliphatic rings. The highest BCUT2D eigenvalue weighted by Gasteiger charge is 2.18. The number of carbonyl (C=O) groups excluding carboxylic acids is 2. The summed E-state index contributed by atoms with van der Waals surface area (Å²) in [6.45, 7) is 2.02. The second kappa shape index (κ2) is 8.30. The van der Waals surface area contributed by atoms with Crippen LogP contribution in [0.25, 0.3) is 5.76 Å². The summed E-state index contributed by atoms with van der Waals surface area (Å²) in [6, 6.07) is 7.34. The van der Waals surface area contributed by atoms with Crippen LogP contribution in [-0.2, 0) is 11.3 Å². The number of carbonyl (C=O) groups is 2. The lowest BCUT2D eigenvalue weighted by Crippen LogP contribution is -2.12. The number of hydrogen-bond donors (Lipinski definition) is 2. The first-order valence-corrected chi connectivity index (χ1v) is 8.40. The van der Waals surface area contributed by atoms with Crippen molar-refractivity contribution in [3.63, 3.8) is 0 Å². The number of nitrogens with zero attached hydrogens (tertiary/aromatic N) is 3. The average Bonchev–Trinajstić information content (AvgIpc) is 3.32. The first-order chi connectivity index (χ1) is 13.5. The van der Waals surface area contributed by atoms with Crippen LogP contribution in [0.3, 0.4) is 0 Å². The van der Waals surface area contributed by atoms with Crippen molar-refractivity contribution >= 4 is 17.5 Å². The molecule has 144 valence electrons. The van der Waals surface area contributed by atoms with E-state index in [9.17, 15) is 19.1 Å². The van der Waals surface area contributed by atoms with E-state index < -0.39 is 17.6 Å². The molecule has 0 saturated heterocycles. The van der Waals surface area contributed by atoms with Crippen LogP contribution in [0.1, 0.15) is 39.2 Å². The Kier molecular flexibility index (Phi) is 5.64. The van der Waals surface area contributed by atoms with E-state index in [0.29, 0.717) is 5.56 Å². The quantitative estimate of drug-likeness (QED) is 0.281. The lowest BCUT2D eigenvalue weighted by atomic mass is 10.2. The molecular formula is C19H17FN4O4. The van der Waals surface area contributed by atoms with Crippen LogP contribution in [0.5, 0.6) is 0 Å². The Bertz CT molecular complexity index is 1020. The highest BCUT2D eigenvalue weighted by Crippen LogP contribution is 2.19. The number of hydrogen-bond acceptors (Lipinski definition) is 6. The number of rotatable bonds is 7. The molecule has 3 rings (SSSR count). The summed E-state index contributed by atoms with van der Waals surface area (Å²) < 4.78 is 20.0. The molecule has 0 saturated carbocycles. The summed E-state index contributed by atoms with van der Waals surface area (Å²) in [4.78, 5) is 28.0. The molecule has 0 unspecified atom stereocenters. The summed E-state index contributed by atoms with van der Waals surface area (Å²) in [5.41, 5.74) is 1.01. The molecule has 0 fully saturated rings. The molecule has 8 nitrogen and oxygen atoms in total. The van der Waals surface area contributed by atoms with Crippen molar-refractivity contribution in [2.75, 3.05) is 6.61 Å². The zero-order chi connectivity index (χ0) is 20.1. The van der Waals surface area contributed by atoms with Gasteiger partial charge in [0.1, 0.15) is 23.6 Å². The third-order valence-corrected chi connectivity index (χ3v) is 3.84. The molecule has 0 atom stereocenters. The van der Waals surface area contributed by atoms with Crippen molar-refractivity contribution in [1.29, 1.82) is 0 Å². The Hall–Kier alpha value is -3.75. The van der Waals surface area contributed by atoms with E-state index in [1.165, 1.54) is 35.3 Å². The fraction of sp³-hybridized carbons (Fsp3) is 0.158. The highest BCUT2D eigenvalue weighted by molar-refractivity contribution is 6.05.